The number of aromatic carboxylic acids is 1. The van der Waals surface area contributed by atoms with Crippen molar-refractivity contribution in [2.75, 3.05) is 5.32 Å². The number of nitrogens with one attached hydrogen (secondary N) is 2. The van der Waals surface area contributed by atoms with Crippen LogP contribution < -0.4 is 10.6 Å². The van der Waals surface area contributed by atoms with Gasteiger partial charge in [-0.15, -0.1) is 0 Å². The number of halogens is 2. The molecule has 0 saturated carbocycles. The summed E-state index contributed by atoms with van der Waals surface area (Å²) in [5.74, 6) is -2.64. The highest BCUT2D eigenvalue weighted by molar-refractivity contribution is 8.18. The molecule has 28 heavy (non-hydrogen) atoms. The molecule has 0 bridgehead atoms. The highest BCUT2D eigenvalue weighted by Crippen LogP contribution is 2.29. The fourth-order valence-corrected chi connectivity index (χ4v) is 3.62. The van der Waals surface area contributed by atoms with E-state index >= 15 is 0 Å². The molecule has 1 aliphatic rings. The van der Waals surface area contributed by atoms with Crippen molar-refractivity contribution in [2.24, 2.45) is 0 Å². The van der Waals surface area contributed by atoms with Crippen molar-refractivity contribution < 1.29 is 24.3 Å². The number of amides is 3. The van der Waals surface area contributed by atoms with Gasteiger partial charge in [-0.1, -0.05) is 35.3 Å². The SMILES string of the molecule is O=C1NC(=O)/C(=C/c2cccc(NC(=O)c3c(Cl)ccc(Cl)c3C(=O)O)c2)S1. The molecule has 10 heteroatoms. The number of benzene rings is 2. The van der Waals surface area contributed by atoms with E-state index in [0.29, 0.717) is 11.3 Å². The molecule has 2 aromatic rings. The average molecular weight is 437 g/mol. The summed E-state index contributed by atoms with van der Waals surface area (Å²) in [6.07, 6.45) is 1.50. The predicted octanol–water partition coefficient (Wildman–Crippen LogP) is 4.27. The third-order valence-corrected chi connectivity index (χ3v) is 5.07. The Morgan fingerprint density at radius 1 is 1.07 bits per heavy atom. The third-order valence-electron chi connectivity index (χ3n) is 3.63. The number of hydrogen-bond acceptors (Lipinski definition) is 5. The Kier molecular flexibility index (Phi) is 5.73. The number of carboxylic acids is 1. The molecule has 7 nitrogen and oxygen atoms in total. The Bertz CT molecular complexity index is 1070. The van der Waals surface area contributed by atoms with E-state index in [1.165, 1.54) is 18.2 Å². The van der Waals surface area contributed by atoms with Gasteiger partial charge in [0.1, 0.15) is 0 Å². The summed E-state index contributed by atoms with van der Waals surface area (Å²) in [6, 6.07) is 9.06. The summed E-state index contributed by atoms with van der Waals surface area (Å²) in [5, 5.41) is 13.4. The number of hydrogen-bond donors (Lipinski definition) is 3. The van der Waals surface area contributed by atoms with Gasteiger partial charge in [-0.3, -0.25) is 19.7 Å². The van der Waals surface area contributed by atoms with Gasteiger partial charge in [-0.25, -0.2) is 4.79 Å². The highest BCUT2D eigenvalue weighted by atomic mass is 35.5. The molecule has 0 spiro atoms. The normalized spacial score (nSPS) is 14.9. The summed E-state index contributed by atoms with van der Waals surface area (Å²) >= 11 is 12.7. The van der Waals surface area contributed by atoms with Crippen LogP contribution in [0.4, 0.5) is 10.5 Å². The zero-order valence-electron chi connectivity index (χ0n) is 13.8. The third kappa shape index (κ3) is 4.19. The molecule has 0 atom stereocenters. The molecule has 0 unspecified atom stereocenters. The molecular formula is C18H10Cl2N2O5S. The lowest BCUT2D eigenvalue weighted by Crippen LogP contribution is -2.18. The lowest BCUT2D eigenvalue weighted by Gasteiger charge is -2.11. The van der Waals surface area contributed by atoms with Crippen molar-refractivity contribution in [1.82, 2.24) is 5.32 Å². The maximum absolute atomic E-state index is 12.6. The second-order valence-corrected chi connectivity index (χ2v) is 7.35. The molecule has 0 radical (unpaired) electrons. The zero-order chi connectivity index (χ0) is 20.4. The molecule has 1 aliphatic heterocycles. The van der Waals surface area contributed by atoms with Gasteiger partial charge in [0.15, 0.2) is 0 Å². The maximum atomic E-state index is 12.6. The summed E-state index contributed by atoms with van der Waals surface area (Å²) in [6.45, 7) is 0. The number of rotatable bonds is 4. The lowest BCUT2D eigenvalue weighted by molar-refractivity contribution is -0.115. The first kappa shape index (κ1) is 19.9. The minimum Gasteiger partial charge on any atom is -0.478 e. The molecule has 1 fully saturated rings. The minimum absolute atomic E-state index is 0.0601. The van der Waals surface area contributed by atoms with Gasteiger partial charge in [0, 0.05) is 5.69 Å². The van der Waals surface area contributed by atoms with Crippen LogP contribution in [0, 0.1) is 0 Å². The number of thioether (sulfide) groups is 1. The molecule has 3 N–H and O–H groups in total. The van der Waals surface area contributed by atoms with Gasteiger partial charge < -0.3 is 10.4 Å². The van der Waals surface area contributed by atoms with Crippen LogP contribution in [0.5, 0.6) is 0 Å². The summed E-state index contributed by atoms with van der Waals surface area (Å²) < 4.78 is 0. The first-order valence-corrected chi connectivity index (χ1v) is 9.21. The fourth-order valence-electron chi connectivity index (χ4n) is 2.46. The van der Waals surface area contributed by atoms with Gasteiger partial charge >= 0.3 is 5.97 Å². The maximum Gasteiger partial charge on any atom is 0.338 e. The summed E-state index contributed by atoms with van der Waals surface area (Å²) in [7, 11) is 0. The predicted molar refractivity (Wildman–Crippen MR) is 107 cm³/mol. The van der Waals surface area contributed by atoms with Gasteiger partial charge in [0.25, 0.3) is 17.1 Å². The van der Waals surface area contributed by atoms with E-state index in [2.05, 4.69) is 10.6 Å². The van der Waals surface area contributed by atoms with E-state index in [1.54, 1.807) is 24.3 Å². The van der Waals surface area contributed by atoms with Crippen LogP contribution in [0.2, 0.25) is 10.0 Å². The first-order valence-electron chi connectivity index (χ1n) is 7.64. The molecule has 1 saturated heterocycles. The van der Waals surface area contributed by atoms with E-state index < -0.39 is 28.6 Å². The Hall–Kier alpha value is -2.81. The average Bonchev–Trinajstić information content (AvgIpc) is 2.93. The van der Waals surface area contributed by atoms with Crippen molar-refractivity contribution in [3.8, 4) is 0 Å². The number of anilines is 1. The molecule has 2 aromatic carbocycles. The molecule has 3 rings (SSSR count). The second kappa shape index (κ2) is 8.05. The van der Waals surface area contributed by atoms with Gasteiger partial charge in [-0.2, -0.15) is 0 Å². The van der Waals surface area contributed by atoms with E-state index in [0.717, 1.165) is 11.8 Å². The van der Waals surface area contributed by atoms with Crippen LogP contribution in [0.15, 0.2) is 41.3 Å². The highest BCUT2D eigenvalue weighted by Gasteiger charge is 2.25. The first-order chi connectivity index (χ1) is 13.3. The largest absolute Gasteiger partial charge is 0.478 e. The Morgan fingerprint density at radius 3 is 2.36 bits per heavy atom. The van der Waals surface area contributed by atoms with Crippen molar-refractivity contribution in [1.29, 1.82) is 0 Å². The molecule has 0 aromatic heterocycles. The summed E-state index contributed by atoms with van der Waals surface area (Å²) in [4.78, 5) is 47.2. The molecule has 3 amide bonds. The van der Waals surface area contributed by atoms with E-state index in [9.17, 15) is 24.3 Å². The van der Waals surface area contributed by atoms with E-state index in [4.69, 9.17) is 23.2 Å². The molecule has 1 heterocycles. The number of carboxylic acid groups (broad SMARTS) is 1. The van der Waals surface area contributed by atoms with Crippen molar-refractivity contribution in [3.63, 3.8) is 0 Å². The summed E-state index contributed by atoms with van der Waals surface area (Å²) in [5.41, 5.74) is 0.228. The minimum atomic E-state index is -1.38. The standard InChI is InChI=1S/C18H10Cl2N2O5S/c19-10-4-5-11(20)14(17(25)26)13(10)16(24)21-9-3-1-2-8(6-9)7-12-15(23)22-18(27)28-12/h1-7H,(H,21,24)(H,25,26)(H,22,23,27)/b12-7-. The number of carbonyl (C=O) groups excluding carboxylic acids is 3. The topological polar surface area (TPSA) is 113 Å². The Balaban J connectivity index is 1.90. The van der Waals surface area contributed by atoms with E-state index in [1.807, 2.05) is 0 Å². The smallest absolute Gasteiger partial charge is 0.338 e. The van der Waals surface area contributed by atoms with Gasteiger partial charge in [0.05, 0.1) is 26.1 Å². The van der Waals surface area contributed by atoms with Gasteiger partial charge in [0.2, 0.25) is 0 Å². The van der Waals surface area contributed by atoms with Crippen LogP contribution in [0.25, 0.3) is 6.08 Å². The van der Waals surface area contributed by atoms with Crippen LogP contribution in [0.1, 0.15) is 26.3 Å². The van der Waals surface area contributed by atoms with Crippen molar-refractivity contribution >= 4 is 69.8 Å². The van der Waals surface area contributed by atoms with Crippen LogP contribution in [0.3, 0.4) is 0 Å². The molecule has 0 aliphatic carbocycles. The van der Waals surface area contributed by atoms with Crippen molar-refractivity contribution in [2.45, 2.75) is 0 Å². The quantitative estimate of drug-likeness (QED) is 0.616. The fraction of sp³-hybridized carbons (Fsp3) is 0. The lowest BCUT2D eigenvalue weighted by atomic mass is 10.1. The Labute approximate surface area is 172 Å². The van der Waals surface area contributed by atoms with Crippen molar-refractivity contribution in [3.05, 3.63) is 68.0 Å². The Morgan fingerprint density at radius 2 is 1.75 bits per heavy atom. The van der Waals surface area contributed by atoms with Crippen LogP contribution in [-0.2, 0) is 4.79 Å². The van der Waals surface area contributed by atoms with E-state index in [-0.39, 0.29) is 20.5 Å². The number of imide groups is 1. The monoisotopic (exact) mass is 436 g/mol. The second-order valence-electron chi connectivity index (χ2n) is 5.52. The number of carbonyl (C=O) groups is 4. The van der Waals surface area contributed by atoms with Crippen LogP contribution >= 0.6 is 35.0 Å². The zero-order valence-corrected chi connectivity index (χ0v) is 16.1. The van der Waals surface area contributed by atoms with Gasteiger partial charge in [-0.05, 0) is 47.7 Å². The molecular weight excluding hydrogens is 427 g/mol. The molecule has 142 valence electrons. The van der Waals surface area contributed by atoms with Crippen LogP contribution in [-0.4, -0.2) is 28.1 Å².